The Kier molecular flexibility index (Phi) is 7.13. The van der Waals surface area contributed by atoms with Gasteiger partial charge < -0.3 is 14.8 Å². The maximum atomic E-state index is 13.0. The van der Waals surface area contributed by atoms with Crippen LogP contribution in [0.1, 0.15) is 26.8 Å². The average molecular weight is 423 g/mol. The van der Waals surface area contributed by atoms with Gasteiger partial charge in [0.25, 0.3) is 5.91 Å². The quantitative estimate of drug-likeness (QED) is 0.593. The zero-order chi connectivity index (χ0) is 20.6. The molecular weight excluding hydrogens is 396 g/mol. The molecule has 0 bridgehead atoms. The number of ether oxygens (including phenoxy) is 2. The summed E-state index contributed by atoms with van der Waals surface area (Å²) in [6.45, 7) is 4.13. The third kappa shape index (κ3) is 5.27. The molecule has 1 unspecified atom stereocenters. The molecule has 30 heavy (non-hydrogen) atoms. The van der Waals surface area contributed by atoms with Crippen molar-refractivity contribution < 1.29 is 14.3 Å². The number of benzene rings is 2. The van der Waals surface area contributed by atoms with E-state index in [2.05, 4.69) is 27.7 Å². The zero-order valence-corrected chi connectivity index (χ0v) is 17.6. The second-order valence-corrected chi connectivity index (χ2v) is 8.13. The molecule has 1 amide bonds. The Bertz CT molecular complexity index is 925. The van der Waals surface area contributed by atoms with Gasteiger partial charge in [0.1, 0.15) is 12.4 Å². The summed E-state index contributed by atoms with van der Waals surface area (Å²) in [4.78, 5) is 16.7. The van der Waals surface area contributed by atoms with Crippen molar-refractivity contribution in [1.82, 2.24) is 10.2 Å². The molecule has 4 rings (SSSR count). The molecule has 1 aliphatic heterocycles. The molecule has 2 aromatic carbocycles. The van der Waals surface area contributed by atoms with Crippen LogP contribution in [0.25, 0.3) is 0 Å². The van der Waals surface area contributed by atoms with Gasteiger partial charge in [-0.25, -0.2) is 0 Å². The number of morpholine rings is 1. The van der Waals surface area contributed by atoms with Crippen molar-refractivity contribution in [3.05, 3.63) is 88.1 Å². The molecule has 0 spiro atoms. The van der Waals surface area contributed by atoms with Crippen molar-refractivity contribution in [2.45, 2.75) is 12.6 Å². The molecular formula is C24H26N2O3S. The van der Waals surface area contributed by atoms with Crippen LogP contribution in [0.15, 0.2) is 72.1 Å². The minimum Gasteiger partial charge on any atom is -0.489 e. The highest BCUT2D eigenvalue weighted by molar-refractivity contribution is 7.10. The van der Waals surface area contributed by atoms with Gasteiger partial charge in [-0.15, -0.1) is 11.3 Å². The van der Waals surface area contributed by atoms with Crippen LogP contribution < -0.4 is 10.1 Å². The molecule has 1 aromatic heterocycles. The molecule has 0 saturated carbocycles. The zero-order valence-electron chi connectivity index (χ0n) is 16.8. The Balaban J connectivity index is 1.42. The van der Waals surface area contributed by atoms with Crippen LogP contribution in [0, 0.1) is 0 Å². The lowest BCUT2D eigenvalue weighted by Crippen LogP contribution is -2.43. The average Bonchev–Trinajstić information content (AvgIpc) is 3.34. The molecule has 1 fully saturated rings. The topological polar surface area (TPSA) is 50.8 Å². The number of nitrogens with one attached hydrogen (secondary N) is 1. The van der Waals surface area contributed by atoms with Gasteiger partial charge in [0.15, 0.2) is 0 Å². The van der Waals surface area contributed by atoms with Gasteiger partial charge in [-0.3, -0.25) is 9.69 Å². The number of thiophene rings is 1. The first-order valence-electron chi connectivity index (χ1n) is 10.2. The lowest BCUT2D eigenvalue weighted by Gasteiger charge is -2.34. The van der Waals surface area contributed by atoms with Crippen LogP contribution in [-0.4, -0.2) is 43.7 Å². The van der Waals surface area contributed by atoms with Crippen LogP contribution in [-0.2, 0) is 11.3 Å². The molecule has 5 nitrogen and oxygen atoms in total. The fourth-order valence-electron chi connectivity index (χ4n) is 3.61. The summed E-state index contributed by atoms with van der Waals surface area (Å²) in [5, 5.41) is 5.24. The third-order valence-corrected chi connectivity index (χ3v) is 6.19. The Morgan fingerprint density at radius 3 is 2.57 bits per heavy atom. The fourth-order valence-corrected chi connectivity index (χ4v) is 4.47. The van der Waals surface area contributed by atoms with Gasteiger partial charge in [0.05, 0.1) is 19.3 Å². The largest absolute Gasteiger partial charge is 0.489 e. The predicted molar refractivity (Wildman–Crippen MR) is 119 cm³/mol. The van der Waals surface area contributed by atoms with Crippen molar-refractivity contribution in [1.29, 1.82) is 0 Å². The van der Waals surface area contributed by atoms with E-state index >= 15 is 0 Å². The number of carbonyl (C=O) groups is 1. The van der Waals surface area contributed by atoms with E-state index in [-0.39, 0.29) is 11.9 Å². The summed E-state index contributed by atoms with van der Waals surface area (Å²) in [5.41, 5.74) is 1.53. The number of hydrogen-bond acceptors (Lipinski definition) is 5. The number of carbonyl (C=O) groups excluding carboxylic acids is 1. The molecule has 0 radical (unpaired) electrons. The number of nitrogens with zero attached hydrogens (tertiary/aromatic N) is 1. The van der Waals surface area contributed by atoms with E-state index in [0.29, 0.717) is 18.7 Å². The standard InChI is InChI=1S/C24H26N2O3S/c27-24(21-10-5-4-7-19(21)18-29-20-8-2-1-3-9-20)25-17-22(23-11-6-16-30-23)26-12-14-28-15-13-26/h1-11,16,22H,12-15,17-18H2,(H,25,27). The lowest BCUT2D eigenvalue weighted by molar-refractivity contribution is 0.0169. The fraction of sp³-hybridized carbons (Fsp3) is 0.292. The van der Waals surface area contributed by atoms with Crippen molar-refractivity contribution >= 4 is 17.2 Å². The highest BCUT2D eigenvalue weighted by atomic mass is 32.1. The molecule has 1 N–H and O–H groups in total. The van der Waals surface area contributed by atoms with Gasteiger partial charge in [0.2, 0.25) is 0 Å². The van der Waals surface area contributed by atoms with Crippen molar-refractivity contribution in [2.24, 2.45) is 0 Å². The first-order chi connectivity index (χ1) is 14.8. The second kappa shape index (κ2) is 10.4. The van der Waals surface area contributed by atoms with Crippen molar-refractivity contribution in [2.75, 3.05) is 32.8 Å². The maximum absolute atomic E-state index is 13.0. The SMILES string of the molecule is O=C(NCC(c1cccs1)N1CCOCC1)c1ccccc1COc1ccccc1. The Morgan fingerprint density at radius 1 is 1.03 bits per heavy atom. The summed E-state index contributed by atoms with van der Waals surface area (Å²) in [6, 6.07) is 21.6. The molecule has 1 saturated heterocycles. The summed E-state index contributed by atoms with van der Waals surface area (Å²) < 4.78 is 11.4. The Morgan fingerprint density at radius 2 is 1.80 bits per heavy atom. The van der Waals surface area contributed by atoms with E-state index < -0.39 is 0 Å². The highest BCUT2D eigenvalue weighted by Gasteiger charge is 2.24. The molecule has 2 heterocycles. The van der Waals surface area contributed by atoms with Crippen LogP contribution in [0.3, 0.4) is 0 Å². The molecule has 1 aliphatic rings. The first-order valence-corrected chi connectivity index (χ1v) is 11.1. The predicted octanol–water partition coefficient (Wildman–Crippen LogP) is 4.13. The minimum atomic E-state index is -0.0722. The highest BCUT2D eigenvalue weighted by Crippen LogP contribution is 2.25. The number of rotatable bonds is 8. The summed E-state index contributed by atoms with van der Waals surface area (Å²) >= 11 is 1.73. The van der Waals surface area contributed by atoms with Gasteiger partial charge in [-0.05, 0) is 29.6 Å². The molecule has 3 aromatic rings. The van der Waals surface area contributed by atoms with E-state index in [1.165, 1.54) is 4.88 Å². The van der Waals surface area contributed by atoms with Crippen molar-refractivity contribution in [3.63, 3.8) is 0 Å². The third-order valence-electron chi connectivity index (χ3n) is 5.21. The lowest BCUT2D eigenvalue weighted by atomic mass is 10.1. The van der Waals surface area contributed by atoms with E-state index in [1.807, 2.05) is 54.6 Å². The molecule has 6 heteroatoms. The molecule has 156 valence electrons. The summed E-state index contributed by atoms with van der Waals surface area (Å²) in [5.74, 6) is 0.717. The number of para-hydroxylation sites is 1. The minimum absolute atomic E-state index is 0.0722. The second-order valence-electron chi connectivity index (χ2n) is 7.15. The number of amides is 1. The van der Waals surface area contributed by atoms with Crippen LogP contribution >= 0.6 is 11.3 Å². The Labute approximate surface area is 181 Å². The number of hydrogen-bond donors (Lipinski definition) is 1. The van der Waals surface area contributed by atoms with Gasteiger partial charge in [-0.2, -0.15) is 0 Å². The van der Waals surface area contributed by atoms with E-state index in [1.54, 1.807) is 11.3 Å². The van der Waals surface area contributed by atoms with Crippen LogP contribution in [0.4, 0.5) is 0 Å². The van der Waals surface area contributed by atoms with Crippen LogP contribution in [0.2, 0.25) is 0 Å². The molecule has 1 atom stereocenters. The van der Waals surface area contributed by atoms with Crippen LogP contribution in [0.5, 0.6) is 5.75 Å². The molecule has 0 aliphatic carbocycles. The summed E-state index contributed by atoms with van der Waals surface area (Å²) in [6.07, 6.45) is 0. The maximum Gasteiger partial charge on any atom is 0.251 e. The van der Waals surface area contributed by atoms with E-state index in [9.17, 15) is 4.79 Å². The monoisotopic (exact) mass is 422 g/mol. The van der Waals surface area contributed by atoms with Crippen molar-refractivity contribution in [3.8, 4) is 5.75 Å². The first kappa shape index (κ1) is 20.6. The normalized spacial score (nSPS) is 15.5. The van der Waals surface area contributed by atoms with Gasteiger partial charge in [0, 0.05) is 35.6 Å². The summed E-state index contributed by atoms with van der Waals surface area (Å²) in [7, 11) is 0. The Hall–Kier alpha value is -2.67. The van der Waals surface area contributed by atoms with Gasteiger partial charge in [-0.1, -0.05) is 42.5 Å². The van der Waals surface area contributed by atoms with E-state index in [0.717, 1.165) is 37.6 Å². The van der Waals surface area contributed by atoms with E-state index in [4.69, 9.17) is 9.47 Å². The van der Waals surface area contributed by atoms with Gasteiger partial charge >= 0.3 is 0 Å². The smallest absolute Gasteiger partial charge is 0.251 e.